The highest BCUT2D eigenvalue weighted by Crippen LogP contribution is 2.20. The fourth-order valence-electron chi connectivity index (χ4n) is 3.79. The Balaban J connectivity index is 1.69. The Morgan fingerprint density at radius 2 is 1.92 bits per heavy atom. The lowest BCUT2D eigenvalue weighted by Crippen LogP contribution is -2.50. The van der Waals surface area contributed by atoms with Gasteiger partial charge in [-0.15, -0.1) is 0 Å². The predicted octanol–water partition coefficient (Wildman–Crippen LogP) is 1.74. The van der Waals surface area contributed by atoms with Crippen molar-refractivity contribution in [3.8, 4) is 0 Å². The zero-order valence-electron chi connectivity index (χ0n) is 15.3. The van der Waals surface area contributed by atoms with Crippen LogP contribution in [0.15, 0.2) is 30.3 Å². The van der Waals surface area contributed by atoms with Crippen LogP contribution in [0.3, 0.4) is 0 Å². The Morgan fingerprint density at radius 1 is 1.24 bits per heavy atom. The molecule has 0 aromatic heterocycles. The summed E-state index contributed by atoms with van der Waals surface area (Å²) < 4.78 is 5.45. The molecule has 1 atom stereocenters. The monoisotopic (exact) mass is 345 g/mol. The number of benzene rings is 1. The Kier molecular flexibility index (Phi) is 6.84. The first-order chi connectivity index (χ1) is 12.2. The van der Waals surface area contributed by atoms with E-state index in [-0.39, 0.29) is 12.0 Å². The van der Waals surface area contributed by atoms with Gasteiger partial charge in [0.15, 0.2) is 0 Å². The first-order valence-electron chi connectivity index (χ1n) is 9.59. The van der Waals surface area contributed by atoms with Gasteiger partial charge in [0.05, 0.1) is 13.2 Å². The summed E-state index contributed by atoms with van der Waals surface area (Å²) in [5.41, 5.74) is 1.21. The lowest BCUT2D eigenvalue weighted by Gasteiger charge is -2.37. The van der Waals surface area contributed by atoms with Crippen molar-refractivity contribution in [3.05, 3.63) is 35.9 Å². The average Bonchev–Trinajstić information content (AvgIpc) is 2.68. The van der Waals surface area contributed by atoms with E-state index in [1.165, 1.54) is 5.56 Å². The van der Waals surface area contributed by atoms with Gasteiger partial charge in [-0.25, -0.2) is 0 Å². The summed E-state index contributed by atoms with van der Waals surface area (Å²) in [4.78, 5) is 17.8. The van der Waals surface area contributed by atoms with E-state index < -0.39 is 0 Å². The first kappa shape index (κ1) is 18.4. The van der Waals surface area contributed by atoms with Gasteiger partial charge in [-0.2, -0.15) is 0 Å². The highest BCUT2D eigenvalue weighted by atomic mass is 16.5. The number of amides is 1. The number of morpholine rings is 1. The topological polar surface area (TPSA) is 44.8 Å². The Morgan fingerprint density at radius 3 is 2.60 bits per heavy atom. The van der Waals surface area contributed by atoms with Crippen LogP contribution in [0, 0.1) is 5.92 Å². The van der Waals surface area contributed by atoms with Crippen molar-refractivity contribution in [2.24, 2.45) is 5.92 Å². The molecule has 2 fully saturated rings. The standard InChI is InChI=1S/C20H31N3O2/c1-17(15-22-11-13-25-14-12-22)23(16-18-5-3-2-4-6-18)20(24)19-7-9-21-10-8-19/h2-6,17,19,21H,7-16H2,1H3. The fourth-order valence-corrected chi connectivity index (χ4v) is 3.79. The van der Waals surface area contributed by atoms with E-state index in [1.807, 2.05) is 6.07 Å². The molecule has 1 aromatic rings. The van der Waals surface area contributed by atoms with Crippen molar-refractivity contribution in [1.29, 1.82) is 0 Å². The van der Waals surface area contributed by atoms with Crippen LogP contribution in [0.4, 0.5) is 0 Å². The number of hydrogen-bond acceptors (Lipinski definition) is 4. The smallest absolute Gasteiger partial charge is 0.226 e. The molecule has 0 spiro atoms. The highest BCUT2D eigenvalue weighted by Gasteiger charge is 2.30. The van der Waals surface area contributed by atoms with Crippen molar-refractivity contribution in [2.45, 2.75) is 32.4 Å². The molecule has 1 aromatic carbocycles. The van der Waals surface area contributed by atoms with Gasteiger partial charge in [0.1, 0.15) is 0 Å². The van der Waals surface area contributed by atoms with Crippen LogP contribution in [0.25, 0.3) is 0 Å². The quantitative estimate of drug-likeness (QED) is 0.853. The van der Waals surface area contributed by atoms with Crippen LogP contribution in [0.2, 0.25) is 0 Å². The molecule has 0 radical (unpaired) electrons. The number of carbonyl (C=O) groups excluding carboxylic acids is 1. The minimum absolute atomic E-state index is 0.164. The summed E-state index contributed by atoms with van der Waals surface area (Å²) in [6.07, 6.45) is 1.91. The van der Waals surface area contributed by atoms with Gasteiger partial charge in [-0.1, -0.05) is 30.3 Å². The molecule has 2 saturated heterocycles. The third kappa shape index (κ3) is 5.27. The number of ether oxygens (including phenoxy) is 1. The number of nitrogens with zero attached hydrogens (tertiary/aromatic N) is 2. The molecule has 2 aliphatic heterocycles. The van der Waals surface area contributed by atoms with Gasteiger partial charge in [0, 0.05) is 38.1 Å². The SMILES string of the molecule is CC(CN1CCOCC1)N(Cc1ccccc1)C(=O)C1CCNCC1. The Hall–Kier alpha value is -1.43. The molecule has 25 heavy (non-hydrogen) atoms. The minimum Gasteiger partial charge on any atom is -0.379 e. The molecule has 5 heteroatoms. The van der Waals surface area contributed by atoms with Crippen molar-refractivity contribution >= 4 is 5.91 Å². The molecule has 138 valence electrons. The molecule has 1 N–H and O–H groups in total. The van der Waals surface area contributed by atoms with Gasteiger partial charge in [0.25, 0.3) is 0 Å². The van der Waals surface area contributed by atoms with E-state index in [4.69, 9.17) is 4.74 Å². The highest BCUT2D eigenvalue weighted by molar-refractivity contribution is 5.79. The molecule has 0 bridgehead atoms. The molecular weight excluding hydrogens is 314 g/mol. The lowest BCUT2D eigenvalue weighted by atomic mass is 9.95. The normalized spacial score (nSPS) is 21.0. The van der Waals surface area contributed by atoms with Crippen molar-refractivity contribution in [3.63, 3.8) is 0 Å². The number of carbonyl (C=O) groups is 1. The van der Waals surface area contributed by atoms with E-state index in [0.717, 1.165) is 58.8 Å². The van der Waals surface area contributed by atoms with Crippen LogP contribution in [-0.2, 0) is 16.1 Å². The zero-order valence-corrected chi connectivity index (χ0v) is 15.3. The molecule has 5 nitrogen and oxygen atoms in total. The minimum atomic E-state index is 0.164. The Labute approximate surface area is 151 Å². The molecule has 0 aliphatic carbocycles. The van der Waals surface area contributed by atoms with E-state index in [0.29, 0.717) is 12.5 Å². The van der Waals surface area contributed by atoms with E-state index >= 15 is 0 Å². The summed E-state index contributed by atoms with van der Waals surface area (Å²) in [5.74, 6) is 0.489. The lowest BCUT2D eigenvalue weighted by molar-refractivity contribution is -0.139. The van der Waals surface area contributed by atoms with Gasteiger partial charge in [-0.05, 0) is 38.4 Å². The molecule has 1 amide bonds. The fraction of sp³-hybridized carbons (Fsp3) is 0.650. The zero-order chi connectivity index (χ0) is 17.5. The first-order valence-corrected chi connectivity index (χ1v) is 9.59. The van der Waals surface area contributed by atoms with Crippen molar-refractivity contribution in [2.75, 3.05) is 45.9 Å². The molecular formula is C20H31N3O2. The van der Waals surface area contributed by atoms with Crippen molar-refractivity contribution < 1.29 is 9.53 Å². The third-order valence-electron chi connectivity index (χ3n) is 5.33. The summed E-state index contributed by atoms with van der Waals surface area (Å²) >= 11 is 0. The van der Waals surface area contributed by atoms with Crippen LogP contribution >= 0.6 is 0 Å². The molecule has 2 heterocycles. The Bertz CT molecular complexity index is 525. The second-order valence-electron chi connectivity index (χ2n) is 7.24. The summed E-state index contributed by atoms with van der Waals surface area (Å²) in [5, 5.41) is 3.36. The molecule has 0 saturated carbocycles. The van der Waals surface area contributed by atoms with Crippen LogP contribution in [-0.4, -0.2) is 67.7 Å². The third-order valence-corrected chi connectivity index (χ3v) is 5.33. The van der Waals surface area contributed by atoms with Gasteiger partial charge in [0.2, 0.25) is 5.91 Å². The van der Waals surface area contributed by atoms with Gasteiger partial charge >= 0.3 is 0 Å². The summed E-state index contributed by atoms with van der Waals surface area (Å²) in [7, 11) is 0. The van der Waals surface area contributed by atoms with Crippen molar-refractivity contribution in [1.82, 2.24) is 15.1 Å². The summed E-state index contributed by atoms with van der Waals surface area (Å²) in [6, 6.07) is 10.6. The van der Waals surface area contributed by atoms with Gasteiger partial charge in [-0.3, -0.25) is 9.69 Å². The number of rotatable bonds is 6. The maximum absolute atomic E-state index is 13.2. The number of hydrogen-bond donors (Lipinski definition) is 1. The van der Waals surface area contributed by atoms with Crippen LogP contribution in [0.1, 0.15) is 25.3 Å². The molecule has 3 rings (SSSR count). The predicted molar refractivity (Wildman–Crippen MR) is 99.3 cm³/mol. The largest absolute Gasteiger partial charge is 0.379 e. The number of nitrogens with one attached hydrogen (secondary N) is 1. The van der Waals surface area contributed by atoms with Gasteiger partial charge < -0.3 is 15.0 Å². The van der Waals surface area contributed by atoms with E-state index in [9.17, 15) is 4.79 Å². The number of piperidine rings is 1. The second-order valence-corrected chi connectivity index (χ2v) is 7.24. The maximum atomic E-state index is 13.2. The van der Waals surface area contributed by atoms with Crippen LogP contribution in [0.5, 0.6) is 0 Å². The summed E-state index contributed by atoms with van der Waals surface area (Å²) in [6.45, 7) is 9.25. The maximum Gasteiger partial charge on any atom is 0.226 e. The second kappa shape index (κ2) is 9.32. The molecule has 2 aliphatic rings. The van der Waals surface area contributed by atoms with E-state index in [1.54, 1.807) is 0 Å². The van der Waals surface area contributed by atoms with E-state index in [2.05, 4.69) is 46.3 Å². The van der Waals surface area contributed by atoms with Crippen LogP contribution < -0.4 is 5.32 Å². The molecule has 1 unspecified atom stereocenters. The average molecular weight is 345 g/mol.